The number of ether oxygens (including phenoxy) is 2. The molecule has 2 fully saturated rings. The number of rotatable bonds is 4. The van der Waals surface area contributed by atoms with Crippen molar-refractivity contribution in [2.75, 3.05) is 19.7 Å². The number of nitrogens with zero attached hydrogens (tertiary/aromatic N) is 3. The summed E-state index contributed by atoms with van der Waals surface area (Å²) >= 11 is 1.75. The molecule has 6 heteroatoms. The zero-order valence-electron chi connectivity index (χ0n) is 14.0. The van der Waals surface area contributed by atoms with E-state index in [0.717, 1.165) is 38.2 Å². The number of pyridine rings is 1. The largest absolute Gasteiger partial charge is 0.472 e. The van der Waals surface area contributed by atoms with Crippen LogP contribution in [0.1, 0.15) is 30.0 Å². The molecule has 2 aromatic heterocycles. The van der Waals surface area contributed by atoms with E-state index in [1.165, 1.54) is 11.4 Å². The number of hydrogen-bond acceptors (Lipinski definition) is 6. The van der Waals surface area contributed by atoms with E-state index in [2.05, 4.69) is 27.2 Å². The third-order valence-corrected chi connectivity index (χ3v) is 5.70. The molecule has 0 amide bonds. The average Bonchev–Trinajstić information content (AvgIpc) is 3.15. The Labute approximate surface area is 146 Å². The molecule has 0 bridgehead atoms. The van der Waals surface area contributed by atoms with E-state index in [1.54, 1.807) is 17.5 Å². The van der Waals surface area contributed by atoms with Crippen LogP contribution in [-0.2, 0) is 11.3 Å². The number of aromatic nitrogens is 2. The van der Waals surface area contributed by atoms with Gasteiger partial charge >= 0.3 is 0 Å². The van der Waals surface area contributed by atoms with E-state index in [-0.39, 0.29) is 11.7 Å². The number of aryl methyl sites for hydroxylation is 1. The highest BCUT2D eigenvalue weighted by molar-refractivity contribution is 7.09. The molecule has 0 radical (unpaired) electrons. The number of piperidine rings is 1. The molecule has 24 heavy (non-hydrogen) atoms. The van der Waals surface area contributed by atoms with E-state index in [1.807, 2.05) is 18.2 Å². The Morgan fingerprint density at radius 2 is 2.42 bits per heavy atom. The highest BCUT2D eigenvalue weighted by Crippen LogP contribution is 2.36. The van der Waals surface area contributed by atoms with Gasteiger partial charge < -0.3 is 9.47 Å². The summed E-state index contributed by atoms with van der Waals surface area (Å²) in [5.41, 5.74) is 1.05. The fourth-order valence-electron chi connectivity index (χ4n) is 3.74. The molecular weight excluding hydrogens is 322 g/mol. The maximum atomic E-state index is 6.23. The molecule has 0 aromatic carbocycles. The molecule has 0 aliphatic carbocycles. The predicted molar refractivity (Wildman–Crippen MR) is 93.3 cm³/mol. The van der Waals surface area contributed by atoms with Gasteiger partial charge in [-0.2, -0.15) is 0 Å². The smallest absolute Gasteiger partial charge is 0.213 e. The second-order valence-electron chi connectivity index (χ2n) is 6.80. The van der Waals surface area contributed by atoms with E-state index < -0.39 is 0 Å². The van der Waals surface area contributed by atoms with Gasteiger partial charge in [-0.3, -0.25) is 4.90 Å². The summed E-state index contributed by atoms with van der Waals surface area (Å²) in [6.45, 7) is 5.72. The van der Waals surface area contributed by atoms with Crippen LogP contribution < -0.4 is 4.74 Å². The maximum absolute atomic E-state index is 6.23. The minimum absolute atomic E-state index is 0.0655. The van der Waals surface area contributed by atoms with E-state index in [0.29, 0.717) is 12.5 Å². The molecule has 1 spiro atoms. The molecule has 2 aliphatic rings. The molecule has 128 valence electrons. The van der Waals surface area contributed by atoms with Crippen molar-refractivity contribution in [3.8, 4) is 5.88 Å². The molecule has 2 saturated heterocycles. The fourth-order valence-corrected chi connectivity index (χ4v) is 4.56. The molecule has 2 atom stereocenters. The van der Waals surface area contributed by atoms with Crippen LogP contribution in [0.25, 0.3) is 0 Å². The molecular formula is C18H23N3O2S. The van der Waals surface area contributed by atoms with Gasteiger partial charge in [-0.1, -0.05) is 6.07 Å². The van der Waals surface area contributed by atoms with Crippen molar-refractivity contribution in [1.82, 2.24) is 14.9 Å². The topological polar surface area (TPSA) is 47.5 Å². The molecule has 0 N–H and O–H groups in total. The maximum Gasteiger partial charge on any atom is 0.213 e. The van der Waals surface area contributed by atoms with Gasteiger partial charge in [-0.05, 0) is 32.4 Å². The summed E-state index contributed by atoms with van der Waals surface area (Å²) in [5.74, 6) is 0.689. The normalized spacial score (nSPS) is 27.6. The number of likely N-dealkylation sites (tertiary alicyclic amines) is 1. The molecule has 4 rings (SSSR count). The van der Waals surface area contributed by atoms with Crippen molar-refractivity contribution in [2.45, 2.75) is 44.4 Å². The van der Waals surface area contributed by atoms with Crippen molar-refractivity contribution >= 4 is 11.3 Å². The van der Waals surface area contributed by atoms with Gasteiger partial charge in [0.1, 0.15) is 11.1 Å². The van der Waals surface area contributed by atoms with Crippen LogP contribution in [0.2, 0.25) is 0 Å². The summed E-state index contributed by atoms with van der Waals surface area (Å²) in [6.07, 6.45) is 5.08. The Morgan fingerprint density at radius 1 is 1.46 bits per heavy atom. The lowest BCUT2D eigenvalue weighted by atomic mass is 9.89. The Bertz CT molecular complexity index is 678. The fraction of sp³-hybridized carbons (Fsp3) is 0.556. The lowest BCUT2D eigenvalue weighted by Gasteiger charge is -2.39. The second-order valence-corrected chi connectivity index (χ2v) is 7.75. The minimum atomic E-state index is -0.0655. The summed E-state index contributed by atoms with van der Waals surface area (Å²) in [6, 6.07) is 5.76. The number of thiazole rings is 1. The lowest BCUT2D eigenvalue weighted by Crippen LogP contribution is -2.47. The highest BCUT2D eigenvalue weighted by Gasteiger charge is 2.44. The quantitative estimate of drug-likeness (QED) is 0.852. The standard InChI is InChI=1S/C18H23N3O2S/c1-14-12-24-17(20-14)10-21-8-4-6-18(13-21)9-15(11-22-18)23-16-5-2-3-7-19-16/h2-3,5,7,12,15H,4,6,8-11,13H2,1H3/t15-,18-/m0/s1. The first-order chi connectivity index (χ1) is 11.7. The monoisotopic (exact) mass is 345 g/mol. The SMILES string of the molecule is Cc1csc(CN2CCC[C@]3(C[C@H](Oc4ccccn4)CO3)C2)n1. The Balaban J connectivity index is 1.36. The first-order valence-electron chi connectivity index (χ1n) is 8.56. The summed E-state index contributed by atoms with van der Waals surface area (Å²) in [5, 5.41) is 3.32. The third-order valence-electron chi connectivity index (χ3n) is 4.74. The van der Waals surface area contributed by atoms with Crippen molar-refractivity contribution in [3.05, 3.63) is 40.5 Å². The average molecular weight is 345 g/mol. The second kappa shape index (κ2) is 6.78. The van der Waals surface area contributed by atoms with Crippen LogP contribution in [-0.4, -0.2) is 46.3 Å². The van der Waals surface area contributed by atoms with Gasteiger partial charge in [0.25, 0.3) is 0 Å². The van der Waals surface area contributed by atoms with Gasteiger partial charge in [0.2, 0.25) is 5.88 Å². The van der Waals surface area contributed by atoms with Crippen molar-refractivity contribution in [2.24, 2.45) is 0 Å². The van der Waals surface area contributed by atoms with Gasteiger partial charge in [0.15, 0.2) is 0 Å². The molecule has 4 heterocycles. The molecule has 0 unspecified atom stereocenters. The molecule has 0 saturated carbocycles. The van der Waals surface area contributed by atoms with Crippen molar-refractivity contribution < 1.29 is 9.47 Å². The van der Waals surface area contributed by atoms with Crippen LogP contribution in [0.5, 0.6) is 5.88 Å². The van der Waals surface area contributed by atoms with Crippen LogP contribution in [0, 0.1) is 6.92 Å². The zero-order chi connectivity index (χ0) is 16.4. The first kappa shape index (κ1) is 16.0. The van der Waals surface area contributed by atoms with Crippen LogP contribution >= 0.6 is 11.3 Å². The zero-order valence-corrected chi connectivity index (χ0v) is 14.8. The van der Waals surface area contributed by atoms with Gasteiger partial charge in [-0.15, -0.1) is 11.3 Å². The van der Waals surface area contributed by atoms with Crippen molar-refractivity contribution in [3.63, 3.8) is 0 Å². The van der Waals surface area contributed by atoms with E-state index >= 15 is 0 Å². The van der Waals surface area contributed by atoms with Crippen LogP contribution in [0.4, 0.5) is 0 Å². The summed E-state index contributed by atoms with van der Waals surface area (Å²) in [4.78, 5) is 11.3. The van der Waals surface area contributed by atoms with E-state index in [4.69, 9.17) is 9.47 Å². The van der Waals surface area contributed by atoms with Crippen LogP contribution in [0.3, 0.4) is 0 Å². The Hall–Kier alpha value is -1.50. The van der Waals surface area contributed by atoms with Gasteiger partial charge in [0, 0.05) is 36.3 Å². The Morgan fingerprint density at radius 3 is 3.21 bits per heavy atom. The Kier molecular flexibility index (Phi) is 4.52. The summed E-state index contributed by atoms with van der Waals surface area (Å²) in [7, 11) is 0. The van der Waals surface area contributed by atoms with Crippen LogP contribution in [0.15, 0.2) is 29.8 Å². The van der Waals surface area contributed by atoms with Crippen molar-refractivity contribution in [1.29, 1.82) is 0 Å². The predicted octanol–water partition coefficient (Wildman–Crippen LogP) is 3.05. The van der Waals surface area contributed by atoms with Gasteiger partial charge in [-0.25, -0.2) is 9.97 Å². The minimum Gasteiger partial charge on any atom is -0.472 e. The number of hydrogen-bond donors (Lipinski definition) is 0. The molecule has 2 aliphatic heterocycles. The molecule has 5 nitrogen and oxygen atoms in total. The third kappa shape index (κ3) is 3.61. The highest BCUT2D eigenvalue weighted by atomic mass is 32.1. The lowest BCUT2D eigenvalue weighted by molar-refractivity contribution is -0.0538. The van der Waals surface area contributed by atoms with Gasteiger partial charge in [0.05, 0.1) is 18.8 Å². The van der Waals surface area contributed by atoms with E-state index in [9.17, 15) is 0 Å². The molecule has 2 aromatic rings. The first-order valence-corrected chi connectivity index (χ1v) is 9.44. The summed E-state index contributed by atoms with van der Waals surface area (Å²) < 4.78 is 12.2.